The van der Waals surface area contributed by atoms with Crippen LogP contribution < -0.4 is 15.4 Å². The third kappa shape index (κ3) is 4.56. The van der Waals surface area contributed by atoms with E-state index in [1.54, 1.807) is 0 Å². The molecule has 7 nitrogen and oxygen atoms in total. The average Bonchev–Trinajstić information content (AvgIpc) is 2.89. The van der Waals surface area contributed by atoms with Gasteiger partial charge >= 0.3 is 0 Å². The highest BCUT2D eigenvalue weighted by Gasteiger charge is 2.31. The van der Waals surface area contributed by atoms with E-state index in [1.165, 1.54) is 5.56 Å². The van der Waals surface area contributed by atoms with E-state index in [4.69, 9.17) is 21.7 Å². The highest BCUT2D eigenvalue weighted by Crippen LogP contribution is 2.26. The number of hydrogen-bond donors (Lipinski definition) is 2. The summed E-state index contributed by atoms with van der Waals surface area (Å²) in [7, 11) is 0. The fourth-order valence-corrected chi connectivity index (χ4v) is 4.37. The fraction of sp³-hybridized carbons (Fsp3) is 0.600. The van der Waals surface area contributed by atoms with E-state index in [0.717, 1.165) is 50.6 Å². The van der Waals surface area contributed by atoms with Crippen LogP contribution in [0.2, 0.25) is 0 Å². The van der Waals surface area contributed by atoms with Crippen molar-refractivity contribution in [1.29, 1.82) is 0 Å². The van der Waals surface area contributed by atoms with Crippen molar-refractivity contribution < 1.29 is 14.3 Å². The molecular weight excluding hydrogens is 376 g/mol. The standard InChI is InChI=1S/C20H28N4O3S/c1-14-10-17(22-20(28)21-14)19(25)24-6-9-27-18-3-2-15(11-16(18)13-24)12-23-4-7-26-8-5-23/h2-3,11,14,17H,4-10,12-13H2,1H3,(H2,21,22,28)/t14-,17+/m1/s1. The molecule has 0 unspecified atom stereocenters. The van der Waals surface area contributed by atoms with Gasteiger partial charge in [0.1, 0.15) is 18.4 Å². The van der Waals surface area contributed by atoms with Crippen molar-refractivity contribution in [3.05, 3.63) is 29.3 Å². The summed E-state index contributed by atoms with van der Waals surface area (Å²) in [6.07, 6.45) is 0.722. The summed E-state index contributed by atoms with van der Waals surface area (Å²) in [5, 5.41) is 6.83. The summed E-state index contributed by atoms with van der Waals surface area (Å²) in [5.74, 6) is 0.967. The first kappa shape index (κ1) is 19.4. The molecule has 2 atom stereocenters. The molecule has 1 aromatic rings. The average molecular weight is 405 g/mol. The van der Waals surface area contributed by atoms with Crippen LogP contribution in [0.3, 0.4) is 0 Å². The zero-order valence-electron chi connectivity index (χ0n) is 16.3. The van der Waals surface area contributed by atoms with Crippen LogP contribution in [0.25, 0.3) is 0 Å². The molecule has 3 aliphatic rings. The maximum Gasteiger partial charge on any atom is 0.245 e. The molecule has 3 aliphatic heterocycles. The number of nitrogens with one attached hydrogen (secondary N) is 2. The van der Waals surface area contributed by atoms with Gasteiger partial charge < -0.3 is 25.0 Å². The minimum atomic E-state index is -0.276. The van der Waals surface area contributed by atoms with Gasteiger partial charge in [-0.3, -0.25) is 9.69 Å². The highest BCUT2D eigenvalue weighted by atomic mass is 32.1. The minimum Gasteiger partial charge on any atom is -0.491 e. The first-order valence-corrected chi connectivity index (χ1v) is 10.4. The molecule has 1 amide bonds. The first-order chi connectivity index (χ1) is 13.6. The zero-order chi connectivity index (χ0) is 19.5. The van der Waals surface area contributed by atoms with Crippen molar-refractivity contribution in [2.24, 2.45) is 0 Å². The normalized spacial score (nSPS) is 25.8. The van der Waals surface area contributed by atoms with Gasteiger partial charge in [-0.25, -0.2) is 0 Å². The number of morpholine rings is 1. The predicted octanol–water partition coefficient (Wildman–Crippen LogP) is 0.865. The molecular formula is C20H28N4O3S. The number of carbonyl (C=O) groups excluding carboxylic acids is 1. The van der Waals surface area contributed by atoms with Gasteiger partial charge in [-0.1, -0.05) is 6.07 Å². The van der Waals surface area contributed by atoms with E-state index >= 15 is 0 Å². The fourth-order valence-electron chi connectivity index (χ4n) is 4.03. The predicted molar refractivity (Wildman–Crippen MR) is 110 cm³/mol. The topological polar surface area (TPSA) is 66.1 Å². The summed E-state index contributed by atoms with van der Waals surface area (Å²) in [6.45, 7) is 8.09. The summed E-state index contributed by atoms with van der Waals surface area (Å²) in [5.41, 5.74) is 2.31. The monoisotopic (exact) mass is 404 g/mol. The van der Waals surface area contributed by atoms with Gasteiger partial charge in [-0.2, -0.15) is 0 Å². The Morgan fingerprint density at radius 1 is 1.21 bits per heavy atom. The molecule has 8 heteroatoms. The molecule has 0 aliphatic carbocycles. The van der Waals surface area contributed by atoms with Gasteiger partial charge in [0, 0.05) is 37.8 Å². The quantitative estimate of drug-likeness (QED) is 0.725. The second-order valence-corrected chi connectivity index (χ2v) is 8.15. The van der Waals surface area contributed by atoms with E-state index in [2.05, 4.69) is 27.7 Å². The Kier molecular flexibility index (Phi) is 5.99. The lowest BCUT2D eigenvalue weighted by Crippen LogP contribution is -2.59. The largest absolute Gasteiger partial charge is 0.491 e. The molecule has 0 spiro atoms. The molecule has 1 aromatic carbocycles. The lowest BCUT2D eigenvalue weighted by molar-refractivity contribution is -0.134. The molecule has 2 N–H and O–H groups in total. The molecule has 4 rings (SSSR count). The van der Waals surface area contributed by atoms with Crippen LogP contribution >= 0.6 is 12.2 Å². The van der Waals surface area contributed by atoms with Gasteiger partial charge in [-0.15, -0.1) is 0 Å². The number of carbonyl (C=O) groups is 1. The Labute approximate surface area is 171 Å². The third-order valence-electron chi connectivity index (χ3n) is 5.50. The van der Waals surface area contributed by atoms with Crippen LogP contribution in [-0.2, 0) is 22.6 Å². The summed E-state index contributed by atoms with van der Waals surface area (Å²) in [4.78, 5) is 17.4. The molecule has 0 radical (unpaired) electrons. The number of amides is 1. The Morgan fingerprint density at radius 2 is 2.04 bits per heavy atom. The van der Waals surface area contributed by atoms with Crippen molar-refractivity contribution in [3.63, 3.8) is 0 Å². The number of benzene rings is 1. The van der Waals surface area contributed by atoms with Gasteiger partial charge in [-0.05, 0) is 43.3 Å². The van der Waals surface area contributed by atoms with Crippen molar-refractivity contribution >= 4 is 23.2 Å². The molecule has 28 heavy (non-hydrogen) atoms. The van der Waals surface area contributed by atoms with Crippen molar-refractivity contribution in [1.82, 2.24) is 20.4 Å². The van der Waals surface area contributed by atoms with E-state index in [0.29, 0.717) is 24.8 Å². The first-order valence-electron chi connectivity index (χ1n) is 9.99. The Balaban J connectivity index is 1.46. The third-order valence-corrected chi connectivity index (χ3v) is 5.73. The van der Waals surface area contributed by atoms with E-state index in [-0.39, 0.29) is 18.0 Å². The number of fused-ring (bicyclic) bond motifs is 1. The Morgan fingerprint density at radius 3 is 2.82 bits per heavy atom. The SMILES string of the molecule is C[C@@H]1C[C@@H](C(=O)N2CCOc3ccc(CN4CCOCC4)cc3C2)NC(=S)N1. The molecule has 2 fully saturated rings. The van der Waals surface area contributed by atoms with Gasteiger partial charge in [0.15, 0.2) is 5.11 Å². The lowest BCUT2D eigenvalue weighted by Gasteiger charge is -2.33. The van der Waals surface area contributed by atoms with Crippen LogP contribution in [0.5, 0.6) is 5.75 Å². The van der Waals surface area contributed by atoms with Crippen molar-refractivity contribution in [3.8, 4) is 5.75 Å². The molecule has 0 saturated carbocycles. The number of hydrogen-bond acceptors (Lipinski definition) is 5. The maximum absolute atomic E-state index is 13.1. The van der Waals surface area contributed by atoms with Gasteiger partial charge in [0.25, 0.3) is 0 Å². The van der Waals surface area contributed by atoms with Gasteiger partial charge in [0.05, 0.1) is 19.8 Å². The van der Waals surface area contributed by atoms with Gasteiger partial charge in [0.2, 0.25) is 5.91 Å². The van der Waals surface area contributed by atoms with Crippen molar-refractivity contribution in [2.45, 2.75) is 38.5 Å². The van der Waals surface area contributed by atoms with Crippen LogP contribution in [0.1, 0.15) is 24.5 Å². The second kappa shape index (κ2) is 8.63. The van der Waals surface area contributed by atoms with Crippen LogP contribution in [0, 0.1) is 0 Å². The lowest BCUT2D eigenvalue weighted by atomic mass is 10.0. The molecule has 3 heterocycles. The highest BCUT2D eigenvalue weighted by molar-refractivity contribution is 7.80. The summed E-state index contributed by atoms with van der Waals surface area (Å²) < 4.78 is 11.3. The van der Waals surface area contributed by atoms with Crippen LogP contribution in [0.15, 0.2) is 18.2 Å². The van der Waals surface area contributed by atoms with Crippen LogP contribution in [-0.4, -0.2) is 72.4 Å². The van der Waals surface area contributed by atoms with Crippen molar-refractivity contribution in [2.75, 3.05) is 39.5 Å². The number of thiocarbonyl (C=S) groups is 1. The minimum absolute atomic E-state index is 0.0886. The Hall–Kier alpha value is -1.90. The van der Waals surface area contributed by atoms with E-state index < -0.39 is 0 Å². The Bertz CT molecular complexity index is 738. The molecule has 152 valence electrons. The second-order valence-electron chi connectivity index (χ2n) is 7.75. The smallest absolute Gasteiger partial charge is 0.245 e. The molecule has 2 saturated heterocycles. The summed E-state index contributed by atoms with van der Waals surface area (Å²) in [6, 6.07) is 6.26. The number of ether oxygens (including phenoxy) is 2. The van der Waals surface area contributed by atoms with Crippen LogP contribution in [0.4, 0.5) is 0 Å². The zero-order valence-corrected chi connectivity index (χ0v) is 17.1. The summed E-state index contributed by atoms with van der Waals surface area (Å²) >= 11 is 5.23. The molecule has 0 aromatic heterocycles. The maximum atomic E-state index is 13.1. The van der Waals surface area contributed by atoms with E-state index in [1.807, 2.05) is 17.9 Å². The number of nitrogens with zero attached hydrogens (tertiary/aromatic N) is 2. The van der Waals surface area contributed by atoms with E-state index in [9.17, 15) is 4.79 Å². The number of rotatable bonds is 3. The molecule has 0 bridgehead atoms.